The number of hydrogen-bond donors (Lipinski definition) is 2. The van der Waals surface area contributed by atoms with Crippen LogP contribution < -0.4 is 25.3 Å². The fraction of sp³-hybridized carbons (Fsp3) is 0.444. The van der Waals surface area contributed by atoms with Gasteiger partial charge in [0.2, 0.25) is 0 Å². The van der Waals surface area contributed by atoms with E-state index < -0.39 is 24.4 Å². The Hall–Kier alpha value is -3.14. The number of ether oxygens (including phenoxy) is 3. The lowest BCUT2D eigenvalue weighted by atomic mass is 10.2. The topological polar surface area (TPSA) is 138 Å². The van der Waals surface area contributed by atoms with Gasteiger partial charge in [-0.25, -0.2) is 5.43 Å². The van der Waals surface area contributed by atoms with Crippen molar-refractivity contribution in [3.8, 4) is 11.5 Å². The third-order valence-electron chi connectivity index (χ3n) is 3.71. The molecular formula is C18H22N3O7-. The summed E-state index contributed by atoms with van der Waals surface area (Å²) in [5, 5.41) is 16.7. The highest BCUT2D eigenvalue weighted by molar-refractivity contribution is 6.35. The minimum Gasteiger partial charge on any atom is -0.546 e. The highest BCUT2D eigenvalue weighted by Crippen LogP contribution is 2.27. The summed E-state index contributed by atoms with van der Waals surface area (Å²) in [6, 6.07) is 4.65. The van der Waals surface area contributed by atoms with E-state index >= 15 is 0 Å². The Bertz CT molecular complexity index is 730. The average molecular weight is 392 g/mol. The van der Waals surface area contributed by atoms with Crippen LogP contribution in [0.4, 0.5) is 0 Å². The van der Waals surface area contributed by atoms with E-state index in [9.17, 15) is 19.5 Å². The molecule has 2 N–H and O–H groups in total. The smallest absolute Gasteiger partial charge is 0.329 e. The van der Waals surface area contributed by atoms with Crippen molar-refractivity contribution in [3.63, 3.8) is 0 Å². The van der Waals surface area contributed by atoms with E-state index in [1.54, 1.807) is 19.1 Å². The first-order valence-corrected chi connectivity index (χ1v) is 8.82. The molecular weight excluding hydrogens is 370 g/mol. The molecule has 0 bridgehead atoms. The largest absolute Gasteiger partial charge is 0.546 e. The van der Waals surface area contributed by atoms with Gasteiger partial charge in [0, 0.05) is 13.2 Å². The van der Waals surface area contributed by atoms with Gasteiger partial charge in [-0.3, -0.25) is 9.59 Å². The van der Waals surface area contributed by atoms with E-state index in [1.807, 2.05) is 0 Å². The van der Waals surface area contributed by atoms with Gasteiger partial charge in [0.15, 0.2) is 11.5 Å². The fourth-order valence-corrected chi connectivity index (χ4v) is 2.44. The summed E-state index contributed by atoms with van der Waals surface area (Å²) in [6.07, 6.45) is 3.05. The number of carboxylic acid groups (broad SMARTS) is 1. The van der Waals surface area contributed by atoms with E-state index in [0.717, 1.165) is 12.8 Å². The van der Waals surface area contributed by atoms with E-state index in [2.05, 4.69) is 15.8 Å². The molecule has 1 aromatic rings. The predicted molar refractivity (Wildman–Crippen MR) is 95.8 cm³/mol. The van der Waals surface area contributed by atoms with Crippen LogP contribution >= 0.6 is 0 Å². The molecule has 152 valence electrons. The summed E-state index contributed by atoms with van der Waals surface area (Å²) in [5.41, 5.74) is 2.68. The Balaban J connectivity index is 1.87. The molecule has 2 rings (SSSR count). The molecule has 0 aromatic heterocycles. The SMILES string of the molecule is CCOc1cc(/C=N\NC(=O)C(=O)NC[C@H]2CCCO2)ccc1OCC(=O)[O-]. The van der Waals surface area contributed by atoms with Gasteiger partial charge in [0.25, 0.3) is 0 Å². The summed E-state index contributed by atoms with van der Waals surface area (Å²) in [7, 11) is 0. The van der Waals surface area contributed by atoms with Crippen molar-refractivity contribution in [1.29, 1.82) is 0 Å². The lowest BCUT2D eigenvalue weighted by Gasteiger charge is -2.12. The second-order valence-electron chi connectivity index (χ2n) is 5.84. The number of rotatable bonds is 9. The maximum atomic E-state index is 11.7. The molecule has 1 heterocycles. The summed E-state index contributed by atoms with van der Waals surface area (Å²) in [4.78, 5) is 33.9. The number of carboxylic acids is 1. The van der Waals surface area contributed by atoms with Crippen molar-refractivity contribution < 1.29 is 33.7 Å². The molecule has 0 spiro atoms. The number of benzene rings is 1. The minimum atomic E-state index is -1.35. The van der Waals surface area contributed by atoms with E-state index in [-0.39, 0.29) is 18.4 Å². The van der Waals surface area contributed by atoms with Crippen molar-refractivity contribution in [2.45, 2.75) is 25.9 Å². The molecule has 1 aliphatic rings. The van der Waals surface area contributed by atoms with Gasteiger partial charge in [-0.15, -0.1) is 0 Å². The molecule has 2 amide bonds. The van der Waals surface area contributed by atoms with Crippen LogP contribution in [-0.4, -0.2) is 56.5 Å². The Morgan fingerprint density at radius 3 is 2.79 bits per heavy atom. The molecule has 1 aliphatic heterocycles. The lowest BCUT2D eigenvalue weighted by molar-refractivity contribution is -0.307. The number of nitrogens with one attached hydrogen (secondary N) is 2. The second-order valence-corrected chi connectivity index (χ2v) is 5.84. The number of carbonyl (C=O) groups excluding carboxylic acids is 3. The zero-order valence-corrected chi connectivity index (χ0v) is 15.4. The summed E-state index contributed by atoms with van der Waals surface area (Å²) < 4.78 is 15.8. The molecule has 10 heteroatoms. The summed E-state index contributed by atoms with van der Waals surface area (Å²) >= 11 is 0. The van der Waals surface area contributed by atoms with Crippen LogP contribution in [0.15, 0.2) is 23.3 Å². The number of nitrogens with zero attached hydrogens (tertiary/aromatic N) is 1. The van der Waals surface area contributed by atoms with Gasteiger partial charge in [0.1, 0.15) is 6.61 Å². The number of amides is 2. The maximum absolute atomic E-state index is 11.7. The number of hydrogen-bond acceptors (Lipinski definition) is 8. The van der Waals surface area contributed by atoms with Crippen molar-refractivity contribution in [1.82, 2.24) is 10.7 Å². The zero-order valence-electron chi connectivity index (χ0n) is 15.4. The van der Waals surface area contributed by atoms with Crippen LogP contribution in [0.25, 0.3) is 0 Å². The van der Waals surface area contributed by atoms with Crippen LogP contribution in [-0.2, 0) is 19.1 Å². The van der Waals surface area contributed by atoms with Gasteiger partial charge < -0.3 is 29.4 Å². The van der Waals surface area contributed by atoms with Crippen LogP contribution in [0.1, 0.15) is 25.3 Å². The standard InChI is InChI=1S/C18H23N3O7/c1-2-26-15-8-12(5-6-14(15)28-11-16(22)23)9-20-21-18(25)17(24)19-10-13-4-3-7-27-13/h5-6,8-9,13H,2-4,7,10-11H2,1H3,(H,19,24)(H,21,25)(H,22,23)/p-1/b20-9-/t13-/m1/s1. The molecule has 28 heavy (non-hydrogen) atoms. The van der Waals surface area contributed by atoms with Crippen molar-refractivity contribution >= 4 is 24.0 Å². The normalized spacial score (nSPS) is 16.0. The third-order valence-corrected chi connectivity index (χ3v) is 3.71. The van der Waals surface area contributed by atoms with Crippen molar-refractivity contribution in [3.05, 3.63) is 23.8 Å². The molecule has 1 saturated heterocycles. The monoisotopic (exact) mass is 392 g/mol. The predicted octanol–water partition coefficient (Wildman–Crippen LogP) is -1.04. The van der Waals surface area contributed by atoms with Crippen LogP contribution in [0.5, 0.6) is 11.5 Å². The summed E-state index contributed by atoms with van der Waals surface area (Å²) in [6.45, 7) is 2.44. The number of hydrazone groups is 1. The second kappa shape index (κ2) is 10.9. The highest BCUT2D eigenvalue weighted by atomic mass is 16.5. The van der Waals surface area contributed by atoms with Gasteiger partial charge in [-0.1, -0.05) is 0 Å². The molecule has 0 radical (unpaired) electrons. The van der Waals surface area contributed by atoms with Gasteiger partial charge in [-0.2, -0.15) is 5.10 Å². The van der Waals surface area contributed by atoms with Crippen molar-refractivity contribution in [2.24, 2.45) is 5.10 Å². The molecule has 1 atom stereocenters. The van der Waals surface area contributed by atoms with E-state index in [0.29, 0.717) is 24.5 Å². The Labute approximate surface area is 161 Å². The molecule has 0 aliphatic carbocycles. The first kappa shape index (κ1) is 21.2. The maximum Gasteiger partial charge on any atom is 0.329 e. The lowest BCUT2D eigenvalue weighted by Crippen LogP contribution is -2.41. The zero-order chi connectivity index (χ0) is 20.4. The van der Waals surface area contributed by atoms with Gasteiger partial charge in [-0.05, 0) is 43.5 Å². The number of carbonyl (C=O) groups is 3. The van der Waals surface area contributed by atoms with E-state index in [1.165, 1.54) is 12.3 Å². The molecule has 1 aromatic carbocycles. The van der Waals surface area contributed by atoms with E-state index in [4.69, 9.17) is 14.2 Å². The first-order valence-electron chi connectivity index (χ1n) is 8.82. The molecule has 10 nitrogen and oxygen atoms in total. The van der Waals surface area contributed by atoms with Crippen LogP contribution in [0.3, 0.4) is 0 Å². The quantitative estimate of drug-likeness (QED) is 0.311. The Kier molecular flexibility index (Phi) is 8.22. The Morgan fingerprint density at radius 1 is 1.29 bits per heavy atom. The average Bonchev–Trinajstić information content (AvgIpc) is 3.19. The number of aliphatic carboxylic acids is 1. The third kappa shape index (κ3) is 6.88. The molecule has 0 saturated carbocycles. The van der Waals surface area contributed by atoms with Crippen molar-refractivity contribution in [2.75, 3.05) is 26.4 Å². The van der Waals surface area contributed by atoms with Gasteiger partial charge in [0.05, 0.1) is 24.9 Å². The molecule has 0 unspecified atom stereocenters. The fourth-order valence-electron chi connectivity index (χ4n) is 2.44. The Morgan fingerprint density at radius 2 is 2.11 bits per heavy atom. The minimum absolute atomic E-state index is 0.0603. The highest BCUT2D eigenvalue weighted by Gasteiger charge is 2.18. The van der Waals surface area contributed by atoms with Gasteiger partial charge >= 0.3 is 11.8 Å². The molecule has 1 fully saturated rings. The summed E-state index contributed by atoms with van der Waals surface area (Å²) in [5.74, 6) is -2.50. The van der Waals surface area contributed by atoms with Crippen LogP contribution in [0, 0.1) is 0 Å². The first-order chi connectivity index (χ1) is 13.5. The van der Waals surface area contributed by atoms with Crippen LogP contribution in [0.2, 0.25) is 0 Å².